The molecule has 1 aliphatic rings. The van der Waals surface area contributed by atoms with Gasteiger partial charge < -0.3 is 5.11 Å². The summed E-state index contributed by atoms with van der Waals surface area (Å²) < 4.78 is 0. The molecule has 1 aliphatic carbocycles. The molecule has 0 aromatic rings. The summed E-state index contributed by atoms with van der Waals surface area (Å²) in [4.78, 5) is 11.5. The average Bonchev–Trinajstić information content (AvgIpc) is 2.25. The molecule has 0 aromatic carbocycles. The quantitative estimate of drug-likeness (QED) is 0.729. The molecule has 0 aromatic heterocycles. The number of hydrogen-bond acceptors (Lipinski definition) is 2. The number of carboxylic acids is 1. The Bertz CT molecular complexity index is 261. The maximum absolute atomic E-state index is 11.5. The minimum Gasteiger partial charge on any atom is -0.480 e. The van der Waals surface area contributed by atoms with Crippen molar-refractivity contribution in [3.8, 4) is 0 Å². The largest absolute Gasteiger partial charge is 0.480 e. The van der Waals surface area contributed by atoms with Crippen molar-refractivity contribution in [2.75, 3.05) is 0 Å². The van der Waals surface area contributed by atoms with E-state index in [1.165, 1.54) is 0 Å². The fourth-order valence-corrected chi connectivity index (χ4v) is 2.64. The lowest BCUT2D eigenvalue weighted by Crippen LogP contribution is -2.54. The van der Waals surface area contributed by atoms with Crippen molar-refractivity contribution in [3.05, 3.63) is 0 Å². The van der Waals surface area contributed by atoms with E-state index in [1.807, 2.05) is 13.8 Å². The summed E-state index contributed by atoms with van der Waals surface area (Å²) in [6.07, 6.45) is 4.61. The highest BCUT2D eigenvalue weighted by Crippen LogP contribution is 2.38. The highest BCUT2D eigenvalue weighted by Gasteiger charge is 2.41. The molecule has 0 aliphatic heterocycles. The lowest BCUT2D eigenvalue weighted by molar-refractivity contribution is -0.146. The van der Waals surface area contributed by atoms with Gasteiger partial charge in [-0.25, -0.2) is 0 Å². The molecule has 1 saturated carbocycles. The van der Waals surface area contributed by atoms with E-state index >= 15 is 0 Å². The summed E-state index contributed by atoms with van der Waals surface area (Å²) in [6.45, 7) is 8.50. The van der Waals surface area contributed by atoms with Gasteiger partial charge in [-0.1, -0.05) is 20.3 Å². The first kappa shape index (κ1) is 13.5. The Hall–Kier alpha value is -0.570. The summed E-state index contributed by atoms with van der Waals surface area (Å²) in [6, 6.07) is 0.220. The molecule has 1 rings (SSSR count). The van der Waals surface area contributed by atoms with Crippen molar-refractivity contribution in [2.45, 2.75) is 71.4 Å². The normalized spacial score (nSPS) is 30.1. The number of carbonyl (C=O) groups is 1. The number of nitrogens with one attached hydrogen (secondary N) is 1. The smallest absolute Gasteiger partial charge is 0.323 e. The summed E-state index contributed by atoms with van der Waals surface area (Å²) in [7, 11) is 0. The number of aliphatic carboxylic acids is 1. The highest BCUT2D eigenvalue weighted by molar-refractivity contribution is 5.78. The van der Waals surface area contributed by atoms with Crippen molar-refractivity contribution < 1.29 is 9.90 Å². The molecule has 0 amide bonds. The second-order valence-corrected chi connectivity index (χ2v) is 6.20. The first-order valence-electron chi connectivity index (χ1n) is 6.29. The molecule has 0 bridgehead atoms. The van der Waals surface area contributed by atoms with Gasteiger partial charge in [0.1, 0.15) is 5.54 Å². The first-order valence-corrected chi connectivity index (χ1v) is 6.29. The van der Waals surface area contributed by atoms with Crippen LogP contribution in [0.25, 0.3) is 0 Å². The zero-order valence-corrected chi connectivity index (χ0v) is 11.0. The second-order valence-electron chi connectivity index (χ2n) is 6.20. The van der Waals surface area contributed by atoms with Gasteiger partial charge in [-0.3, -0.25) is 10.1 Å². The lowest BCUT2D eigenvalue weighted by atomic mass is 9.83. The Morgan fingerprint density at radius 3 is 2.31 bits per heavy atom. The first-order chi connectivity index (χ1) is 7.27. The Kier molecular flexibility index (Phi) is 4.00. The minimum atomic E-state index is -0.693. The topological polar surface area (TPSA) is 49.3 Å². The van der Waals surface area contributed by atoms with E-state index in [2.05, 4.69) is 19.2 Å². The van der Waals surface area contributed by atoms with Crippen molar-refractivity contribution in [3.63, 3.8) is 0 Å². The molecular formula is C13H25NO2. The van der Waals surface area contributed by atoms with E-state index in [-0.39, 0.29) is 11.5 Å². The van der Waals surface area contributed by atoms with E-state index in [0.717, 1.165) is 32.1 Å². The molecule has 1 fully saturated rings. The van der Waals surface area contributed by atoms with Crippen LogP contribution >= 0.6 is 0 Å². The average molecular weight is 227 g/mol. The zero-order chi connectivity index (χ0) is 12.4. The molecule has 0 spiro atoms. The van der Waals surface area contributed by atoms with Gasteiger partial charge in [0.15, 0.2) is 0 Å². The van der Waals surface area contributed by atoms with Crippen molar-refractivity contribution in [1.29, 1.82) is 0 Å². The minimum absolute atomic E-state index is 0.220. The third-order valence-corrected chi connectivity index (χ3v) is 3.66. The third kappa shape index (κ3) is 3.21. The lowest BCUT2D eigenvalue weighted by Gasteiger charge is -2.32. The van der Waals surface area contributed by atoms with Gasteiger partial charge in [-0.05, 0) is 44.9 Å². The van der Waals surface area contributed by atoms with E-state index in [4.69, 9.17) is 0 Å². The summed E-state index contributed by atoms with van der Waals surface area (Å²) in [5, 5.41) is 12.7. The van der Waals surface area contributed by atoms with E-state index in [9.17, 15) is 9.90 Å². The number of hydrogen-bond donors (Lipinski definition) is 2. The van der Waals surface area contributed by atoms with Gasteiger partial charge in [0.25, 0.3) is 0 Å². The molecule has 0 radical (unpaired) electrons. The van der Waals surface area contributed by atoms with E-state index < -0.39 is 11.5 Å². The molecule has 2 N–H and O–H groups in total. The van der Waals surface area contributed by atoms with Crippen molar-refractivity contribution in [2.24, 2.45) is 5.41 Å². The van der Waals surface area contributed by atoms with Gasteiger partial charge in [-0.2, -0.15) is 0 Å². The van der Waals surface area contributed by atoms with Crippen LogP contribution in [0, 0.1) is 5.41 Å². The highest BCUT2D eigenvalue weighted by atomic mass is 16.4. The van der Waals surface area contributed by atoms with Gasteiger partial charge in [-0.15, -0.1) is 0 Å². The fourth-order valence-electron chi connectivity index (χ4n) is 2.64. The Balaban J connectivity index is 2.82. The molecule has 0 heterocycles. The fraction of sp³-hybridized carbons (Fsp3) is 0.923. The second kappa shape index (κ2) is 4.74. The Morgan fingerprint density at radius 1 is 1.19 bits per heavy atom. The standard InChI is InChI=1S/C13H25NO2/c1-10(2)14-13(11(15)16)7-5-6-12(3,4)8-9-13/h10,14H,5-9H2,1-4H3,(H,15,16). The van der Waals surface area contributed by atoms with Crippen molar-refractivity contribution in [1.82, 2.24) is 5.32 Å². The molecule has 16 heavy (non-hydrogen) atoms. The van der Waals surface area contributed by atoms with Crippen LogP contribution in [0.3, 0.4) is 0 Å². The number of carboxylic acid groups (broad SMARTS) is 1. The van der Waals surface area contributed by atoms with Crippen LogP contribution in [0.1, 0.15) is 59.8 Å². The molecule has 1 atom stereocenters. The predicted molar refractivity (Wildman–Crippen MR) is 65.5 cm³/mol. The van der Waals surface area contributed by atoms with Gasteiger partial charge in [0.05, 0.1) is 0 Å². The number of rotatable bonds is 3. The summed E-state index contributed by atoms with van der Waals surface area (Å²) >= 11 is 0. The maximum Gasteiger partial charge on any atom is 0.323 e. The molecule has 0 saturated heterocycles. The zero-order valence-electron chi connectivity index (χ0n) is 11.0. The Morgan fingerprint density at radius 2 is 1.81 bits per heavy atom. The van der Waals surface area contributed by atoms with Crippen LogP contribution < -0.4 is 5.32 Å². The van der Waals surface area contributed by atoms with Crippen LogP contribution in [-0.4, -0.2) is 22.7 Å². The summed E-state index contributed by atoms with van der Waals surface area (Å²) in [5.41, 5.74) is -0.405. The molecule has 1 unspecified atom stereocenters. The van der Waals surface area contributed by atoms with Crippen LogP contribution in [0.4, 0.5) is 0 Å². The van der Waals surface area contributed by atoms with Gasteiger partial charge in [0.2, 0.25) is 0 Å². The molecule has 3 nitrogen and oxygen atoms in total. The molecular weight excluding hydrogens is 202 g/mol. The van der Waals surface area contributed by atoms with Gasteiger partial charge in [0, 0.05) is 6.04 Å². The summed E-state index contributed by atoms with van der Waals surface area (Å²) in [5.74, 6) is -0.682. The van der Waals surface area contributed by atoms with Crippen LogP contribution in [0.2, 0.25) is 0 Å². The van der Waals surface area contributed by atoms with E-state index in [0.29, 0.717) is 0 Å². The van der Waals surface area contributed by atoms with Crippen LogP contribution in [0.15, 0.2) is 0 Å². The Labute approximate surface area is 98.6 Å². The van der Waals surface area contributed by atoms with Crippen LogP contribution in [-0.2, 0) is 4.79 Å². The van der Waals surface area contributed by atoms with Crippen molar-refractivity contribution >= 4 is 5.97 Å². The monoisotopic (exact) mass is 227 g/mol. The van der Waals surface area contributed by atoms with Crippen LogP contribution in [0.5, 0.6) is 0 Å². The maximum atomic E-state index is 11.5. The SMILES string of the molecule is CC(C)NC1(C(=O)O)CCCC(C)(C)CC1. The third-order valence-electron chi connectivity index (χ3n) is 3.66. The van der Waals surface area contributed by atoms with Gasteiger partial charge >= 0.3 is 5.97 Å². The predicted octanol–water partition coefficient (Wildman–Crippen LogP) is 2.80. The molecule has 94 valence electrons. The van der Waals surface area contributed by atoms with E-state index in [1.54, 1.807) is 0 Å². The molecule has 3 heteroatoms.